The first-order chi connectivity index (χ1) is 14.9. The van der Waals surface area contributed by atoms with Crippen LogP contribution in [0.1, 0.15) is 63.4 Å². The molecule has 3 rings (SSSR count). The van der Waals surface area contributed by atoms with E-state index in [2.05, 4.69) is 5.32 Å². The fourth-order valence-electron chi connectivity index (χ4n) is 4.05. The maximum absolute atomic E-state index is 12.8. The summed E-state index contributed by atoms with van der Waals surface area (Å²) >= 11 is 0. The number of amides is 1. The van der Waals surface area contributed by atoms with E-state index in [1.807, 2.05) is 0 Å². The van der Waals surface area contributed by atoms with Crippen LogP contribution in [0.15, 0.2) is 35.2 Å². The lowest BCUT2D eigenvalue weighted by Gasteiger charge is -2.22. The Morgan fingerprint density at radius 3 is 2.23 bits per heavy atom. The second-order valence-electron chi connectivity index (χ2n) is 8.23. The fraction of sp³-hybridized carbons (Fsp3) is 0.565. The Kier molecular flexibility index (Phi) is 8.66. The summed E-state index contributed by atoms with van der Waals surface area (Å²) in [6.07, 6.45) is 12.1. The highest BCUT2D eigenvalue weighted by atomic mass is 32.2. The van der Waals surface area contributed by atoms with Gasteiger partial charge in [-0.3, -0.25) is 4.79 Å². The molecule has 0 bridgehead atoms. The summed E-state index contributed by atoms with van der Waals surface area (Å²) in [7, 11) is -3.49. The zero-order chi connectivity index (χ0) is 22.1. The first kappa shape index (κ1) is 23.5. The first-order valence-electron chi connectivity index (χ1n) is 11.2. The van der Waals surface area contributed by atoms with Gasteiger partial charge in [-0.15, -0.1) is 0 Å². The molecule has 170 valence electrons. The number of carbonyl (C=O) groups excluding carboxylic acids is 2. The quantitative estimate of drug-likeness (QED) is 0.511. The van der Waals surface area contributed by atoms with E-state index in [4.69, 9.17) is 4.74 Å². The van der Waals surface area contributed by atoms with E-state index in [0.29, 0.717) is 18.7 Å². The van der Waals surface area contributed by atoms with Crippen molar-refractivity contribution in [3.05, 3.63) is 35.9 Å². The Morgan fingerprint density at radius 1 is 0.968 bits per heavy atom. The van der Waals surface area contributed by atoms with E-state index >= 15 is 0 Å². The van der Waals surface area contributed by atoms with Gasteiger partial charge in [0, 0.05) is 25.2 Å². The van der Waals surface area contributed by atoms with Crippen molar-refractivity contribution < 1.29 is 22.7 Å². The predicted octanol–water partition coefficient (Wildman–Crippen LogP) is 3.26. The van der Waals surface area contributed by atoms with Crippen LogP contribution in [0.2, 0.25) is 0 Å². The smallest absolute Gasteiger partial charge is 0.331 e. The molecule has 0 spiro atoms. The maximum Gasteiger partial charge on any atom is 0.331 e. The van der Waals surface area contributed by atoms with E-state index in [0.717, 1.165) is 51.4 Å². The number of ether oxygens (including phenoxy) is 1. The predicted molar refractivity (Wildman–Crippen MR) is 119 cm³/mol. The van der Waals surface area contributed by atoms with Gasteiger partial charge in [0.2, 0.25) is 10.0 Å². The lowest BCUT2D eigenvalue weighted by atomic mass is 9.95. The summed E-state index contributed by atoms with van der Waals surface area (Å²) in [5, 5.41) is 2.90. The fourth-order valence-corrected chi connectivity index (χ4v) is 5.56. The lowest BCUT2D eigenvalue weighted by Crippen LogP contribution is -2.38. The van der Waals surface area contributed by atoms with Crippen molar-refractivity contribution >= 4 is 28.0 Å². The Morgan fingerprint density at radius 2 is 1.58 bits per heavy atom. The van der Waals surface area contributed by atoms with Crippen LogP contribution in [0.25, 0.3) is 6.08 Å². The minimum absolute atomic E-state index is 0.180. The van der Waals surface area contributed by atoms with Gasteiger partial charge in [0.05, 0.1) is 4.90 Å². The molecule has 7 nitrogen and oxygen atoms in total. The number of hydrogen-bond acceptors (Lipinski definition) is 5. The standard InChI is InChI=1S/C23H32N2O5S/c26-22(24-20-8-4-3-5-9-20)18-30-23(27)15-12-19-10-13-21(14-11-19)31(28,29)25-16-6-1-2-7-17-25/h10-15,20H,1-9,16-18H2,(H,24,26)/b15-12+. The summed E-state index contributed by atoms with van der Waals surface area (Å²) in [6, 6.07) is 6.61. The molecule has 1 saturated carbocycles. The van der Waals surface area contributed by atoms with E-state index in [9.17, 15) is 18.0 Å². The monoisotopic (exact) mass is 448 g/mol. The molecule has 0 atom stereocenters. The molecule has 0 aromatic heterocycles. The first-order valence-corrected chi connectivity index (χ1v) is 12.6. The highest BCUT2D eigenvalue weighted by Gasteiger charge is 2.24. The number of nitrogens with one attached hydrogen (secondary N) is 1. The highest BCUT2D eigenvalue weighted by Crippen LogP contribution is 2.21. The average Bonchev–Trinajstić information content (AvgIpc) is 3.07. The van der Waals surface area contributed by atoms with E-state index in [1.165, 1.54) is 12.5 Å². The largest absolute Gasteiger partial charge is 0.452 e. The van der Waals surface area contributed by atoms with Crippen LogP contribution in [0.5, 0.6) is 0 Å². The van der Waals surface area contributed by atoms with Gasteiger partial charge in [0.25, 0.3) is 5.91 Å². The minimum Gasteiger partial charge on any atom is -0.452 e. The van der Waals surface area contributed by atoms with Crippen molar-refractivity contribution in [3.63, 3.8) is 0 Å². The van der Waals surface area contributed by atoms with Crippen molar-refractivity contribution in [1.82, 2.24) is 9.62 Å². The average molecular weight is 449 g/mol. The summed E-state index contributed by atoms with van der Waals surface area (Å²) in [4.78, 5) is 24.0. The molecule has 31 heavy (non-hydrogen) atoms. The van der Waals surface area contributed by atoms with Crippen LogP contribution in [-0.4, -0.2) is 50.3 Å². The number of benzene rings is 1. The third kappa shape index (κ3) is 7.18. The van der Waals surface area contributed by atoms with Gasteiger partial charge >= 0.3 is 5.97 Å². The molecule has 2 fully saturated rings. The molecule has 8 heteroatoms. The van der Waals surface area contributed by atoms with Crippen LogP contribution in [0.4, 0.5) is 0 Å². The number of rotatable bonds is 7. The normalized spacial score (nSPS) is 19.1. The molecule has 2 aliphatic rings. The molecule has 1 heterocycles. The Bertz CT molecular complexity index is 866. The van der Waals surface area contributed by atoms with Crippen LogP contribution in [0, 0.1) is 0 Å². The van der Waals surface area contributed by atoms with Gasteiger partial charge in [0.15, 0.2) is 6.61 Å². The SMILES string of the molecule is O=C(COC(=O)/C=C/c1ccc(S(=O)(=O)N2CCCCCC2)cc1)NC1CCCCC1. The molecular formula is C23H32N2O5S. The van der Waals surface area contributed by atoms with Gasteiger partial charge in [-0.25, -0.2) is 13.2 Å². The highest BCUT2D eigenvalue weighted by molar-refractivity contribution is 7.89. The van der Waals surface area contributed by atoms with Gasteiger partial charge < -0.3 is 10.1 Å². The summed E-state index contributed by atoms with van der Waals surface area (Å²) < 4.78 is 32.2. The van der Waals surface area contributed by atoms with Gasteiger partial charge in [-0.2, -0.15) is 4.31 Å². The van der Waals surface area contributed by atoms with Crippen LogP contribution in [0.3, 0.4) is 0 Å². The number of carbonyl (C=O) groups is 2. The zero-order valence-corrected chi connectivity index (χ0v) is 18.7. The van der Waals surface area contributed by atoms with Gasteiger partial charge in [0.1, 0.15) is 0 Å². The Balaban J connectivity index is 1.48. The Labute approximate surface area is 184 Å². The number of sulfonamides is 1. The van der Waals surface area contributed by atoms with Gasteiger partial charge in [-0.05, 0) is 49.5 Å². The van der Waals surface area contributed by atoms with Crippen LogP contribution >= 0.6 is 0 Å². The third-order valence-electron chi connectivity index (χ3n) is 5.81. The van der Waals surface area contributed by atoms with Crippen molar-refractivity contribution in [2.24, 2.45) is 0 Å². The van der Waals surface area contributed by atoms with Crippen LogP contribution < -0.4 is 5.32 Å². The number of esters is 1. The maximum atomic E-state index is 12.8. The van der Waals surface area contributed by atoms with E-state index < -0.39 is 16.0 Å². The molecule has 1 N–H and O–H groups in total. The third-order valence-corrected chi connectivity index (χ3v) is 7.72. The molecule has 0 unspecified atom stereocenters. The topological polar surface area (TPSA) is 92.8 Å². The minimum atomic E-state index is -3.49. The zero-order valence-electron chi connectivity index (χ0n) is 17.9. The summed E-state index contributed by atoms with van der Waals surface area (Å²) in [6.45, 7) is 0.820. The van der Waals surface area contributed by atoms with Crippen LogP contribution in [-0.2, 0) is 24.3 Å². The van der Waals surface area contributed by atoms with Crippen molar-refractivity contribution in [2.45, 2.75) is 68.7 Å². The molecule has 1 amide bonds. The molecule has 1 aliphatic carbocycles. The summed E-state index contributed by atoms with van der Waals surface area (Å²) in [5.41, 5.74) is 0.679. The number of nitrogens with zero attached hydrogens (tertiary/aromatic N) is 1. The molecular weight excluding hydrogens is 416 g/mol. The molecule has 1 saturated heterocycles. The molecule has 1 aliphatic heterocycles. The second-order valence-corrected chi connectivity index (χ2v) is 10.2. The van der Waals surface area contributed by atoms with E-state index in [-0.39, 0.29) is 23.5 Å². The van der Waals surface area contributed by atoms with Crippen molar-refractivity contribution in [1.29, 1.82) is 0 Å². The molecule has 0 radical (unpaired) electrons. The Hall–Kier alpha value is -2.19. The molecule has 1 aromatic carbocycles. The van der Waals surface area contributed by atoms with Crippen molar-refractivity contribution in [3.8, 4) is 0 Å². The van der Waals surface area contributed by atoms with E-state index in [1.54, 1.807) is 34.6 Å². The van der Waals surface area contributed by atoms with Gasteiger partial charge in [-0.1, -0.05) is 44.2 Å². The number of hydrogen-bond donors (Lipinski definition) is 1. The lowest BCUT2D eigenvalue weighted by molar-refractivity contribution is -0.144. The second kappa shape index (κ2) is 11.4. The summed E-state index contributed by atoms with van der Waals surface area (Å²) in [5.74, 6) is -0.892. The van der Waals surface area contributed by atoms with Crippen molar-refractivity contribution in [2.75, 3.05) is 19.7 Å². The molecule has 1 aromatic rings.